The molecule has 1 N–H and O–H groups in total. The largest absolute Gasteiger partial charge is 0.418 e. The Kier molecular flexibility index (Phi) is 5.18. The molecule has 0 aliphatic heterocycles. The second-order valence-corrected chi connectivity index (χ2v) is 5.94. The van der Waals surface area contributed by atoms with E-state index in [1.54, 1.807) is 0 Å². The van der Waals surface area contributed by atoms with Crippen molar-refractivity contribution in [1.82, 2.24) is 0 Å². The summed E-state index contributed by atoms with van der Waals surface area (Å²) in [5.41, 5.74) is -4.50. The molecule has 7 nitrogen and oxygen atoms in total. The van der Waals surface area contributed by atoms with Gasteiger partial charge in [0.1, 0.15) is 5.69 Å². The molecule has 25 heavy (non-hydrogen) atoms. The summed E-state index contributed by atoms with van der Waals surface area (Å²) < 4.78 is 40.1. The fourth-order valence-electron chi connectivity index (χ4n) is 1.94. The number of nitrogens with one attached hydrogen (secondary N) is 1. The second kappa shape index (κ2) is 6.84. The van der Waals surface area contributed by atoms with Gasteiger partial charge in [-0.2, -0.15) is 13.2 Å². The summed E-state index contributed by atoms with van der Waals surface area (Å²) in [7, 11) is 0. The Morgan fingerprint density at radius 3 is 2.20 bits per heavy atom. The van der Waals surface area contributed by atoms with Gasteiger partial charge in [-0.25, -0.2) is 0 Å². The molecule has 132 valence electrons. The second-order valence-electron chi connectivity index (χ2n) is 4.65. The van der Waals surface area contributed by atoms with E-state index in [1.165, 1.54) is 18.2 Å². The minimum Gasteiger partial charge on any atom is -0.348 e. The van der Waals surface area contributed by atoms with E-state index in [2.05, 4.69) is 21.2 Å². The Hall–Kier alpha value is -2.40. The van der Waals surface area contributed by atoms with Crippen LogP contribution in [0.1, 0.15) is 5.56 Å². The molecule has 0 saturated heterocycles. The van der Waals surface area contributed by atoms with Crippen molar-refractivity contribution in [3.63, 3.8) is 0 Å². The van der Waals surface area contributed by atoms with E-state index in [0.29, 0.717) is 6.07 Å². The summed E-state index contributed by atoms with van der Waals surface area (Å²) in [5, 5.41) is 24.5. The lowest BCUT2D eigenvalue weighted by Crippen LogP contribution is -2.12. The van der Waals surface area contributed by atoms with Crippen LogP contribution in [0.25, 0.3) is 0 Å². The first-order chi connectivity index (χ1) is 11.5. The fourth-order valence-corrected chi connectivity index (χ4v) is 2.72. The number of nitro benzene ring substituents is 2. The SMILES string of the molecule is O=[N+]([O-])c1cc([N+](=O)[O-])c(Nc2ccc(Cl)cc2Br)c(C(F)(F)F)c1. The smallest absolute Gasteiger partial charge is 0.348 e. The number of halogens is 5. The van der Waals surface area contributed by atoms with Gasteiger partial charge in [-0.05, 0) is 34.1 Å². The molecule has 0 aromatic heterocycles. The Balaban J connectivity index is 2.73. The molecule has 0 amide bonds. The quantitative estimate of drug-likeness (QED) is 0.487. The number of nitrogens with zero attached hydrogens (tertiary/aromatic N) is 2. The molecule has 0 saturated carbocycles. The topological polar surface area (TPSA) is 98.3 Å². The Morgan fingerprint density at radius 1 is 1.08 bits per heavy atom. The number of hydrogen-bond acceptors (Lipinski definition) is 5. The number of hydrogen-bond donors (Lipinski definition) is 1. The van der Waals surface area contributed by atoms with Crippen molar-refractivity contribution in [3.8, 4) is 0 Å². The average molecular weight is 441 g/mol. The Bertz CT molecular complexity index is 876. The summed E-state index contributed by atoms with van der Waals surface area (Å²) in [6, 6.07) is 4.73. The maximum absolute atomic E-state index is 13.3. The highest BCUT2D eigenvalue weighted by atomic mass is 79.9. The third-order valence-corrected chi connectivity index (χ3v) is 3.90. The predicted octanol–water partition coefficient (Wildman–Crippen LogP) is 5.68. The number of rotatable bonds is 4. The highest BCUT2D eigenvalue weighted by molar-refractivity contribution is 9.10. The highest BCUT2D eigenvalue weighted by Gasteiger charge is 2.39. The van der Waals surface area contributed by atoms with E-state index in [4.69, 9.17) is 11.6 Å². The lowest BCUT2D eigenvalue weighted by Gasteiger charge is -2.15. The molecule has 12 heteroatoms. The van der Waals surface area contributed by atoms with E-state index in [9.17, 15) is 33.4 Å². The van der Waals surface area contributed by atoms with Gasteiger partial charge < -0.3 is 5.32 Å². The van der Waals surface area contributed by atoms with Crippen LogP contribution in [0.3, 0.4) is 0 Å². The van der Waals surface area contributed by atoms with E-state index < -0.39 is 38.6 Å². The van der Waals surface area contributed by atoms with Crippen LogP contribution in [0.15, 0.2) is 34.8 Å². The summed E-state index contributed by atoms with van der Waals surface area (Å²) in [4.78, 5) is 19.7. The Morgan fingerprint density at radius 2 is 1.72 bits per heavy atom. The van der Waals surface area contributed by atoms with Crippen LogP contribution < -0.4 is 5.32 Å². The normalized spacial score (nSPS) is 11.2. The maximum Gasteiger partial charge on any atom is 0.418 e. The van der Waals surface area contributed by atoms with Crippen molar-refractivity contribution in [2.75, 3.05) is 5.32 Å². The summed E-state index contributed by atoms with van der Waals surface area (Å²) in [5.74, 6) is 0. The van der Waals surface area contributed by atoms with Crippen LogP contribution in [0.5, 0.6) is 0 Å². The fraction of sp³-hybridized carbons (Fsp3) is 0.0769. The van der Waals surface area contributed by atoms with E-state index >= 15 is 0 Å². The molecule has 0 heterocycles. The molecule has 0 atom stereocenters. The van der Waals surface area contributed by atoms with Gasteiger partial charge in [0.15, 0.2) is 0 Å². The molecule has 0 fully saturated rings. The molecular weight excluding hydrogens is 435 g/mol. The monoisotopic (exact) mass is 439 g/mol. The summed E-state index contributed by atoms with van der Waals surface area (Å²) in [6.45, 7) is 0. The molecular formula is C13H6BrClF3N3O4. The van der Waals surface area contributed by atoms with Crippen LogP contribution in [-0.4, -0.2) is 9.85 Å². The van der Waals surface area contributed by atoms with Crippen molar-refractivity contribution < 1.29 is 23.0 Å². The van der Waals surface area contributed by atoms with Gasteiger partial charge in [-0.3, -0.25) is 20.2 Å². The zero-order valence-corrected chi connectivity index (χ0v) is 14.1. The standard InChI is InChI=1S/C13H6BrClF3N3O4/c14-9-3-6(15)1-2-10(9)19-12-8(13(16,17)18)4-7(20(22)23)5-11(12)21(24)25/h1-5,19H. The van der Waals surface area contributed by atoms with E-state index in [1.807, 2.05) is 0 Å². The number of alkyl halides is 3. The number of non-ortho nitro benzene ring substituents is 1. The Labute approximate surface area is 150 Å². The summed E-state index contributed by atoms with van der Waals surface area (Å²) >= 11 is 8.81. The molecule has 0 unspecified atom stereocenters. The molecule has 0 spiro atoms. The van der Waals surface area contributed by atoms with Gasteiger partial charge >= 0.3 is 6.18 Å². The maximum atomic E-state index is 13.3. The zero-order chi connectivity index (χ0) is 18.9. The van der Waals surface area contributed by atoms with Crippen molar-refractivity contribution in [1.29, 1.82) is 0 Å². The molecule has 0 aliphatic rings. The minimum absolute atomic E-state index is 0.0619. The highest BCUT2D eigenvalue weighted by Crippen LogP contribution is 2.44. The third kappa shape index (κ3) is 4.17. The molecule has 2 aromatic rings. The van der Waals surface area contributed by atoms with Crippen LogP contribution in [0.4, 0.5) is 35.9 Å². The first kappa shape index (κ1) is 18.9. The predicted molar refractivity (Wildman–Crippen MR) is 87.2 cm³/mol. The zero-order valence-electron chi connectivity index (χ0n) is 11.8. The molecule has 0 aliphatic carbocycles. The average Bonchev–Trinajstić information content (AvgIpc) is 2.48. The van der Waals surface area contributed by atoms with E-state index in [-0.39, 0.29) is 21.2 Å². The first-order valence-corrected chi connectivity index (χ1v) is 7.44. The van der Waals surface area contributed by atoms with Crippen LogP contribution >= 0.6 is 27.5 Å². The van der Waals surface area contributed by atoms with Crippen molar-refractivity contribution in [2.45, 2.75) is 6.18 Å². The first-order valence-electron chi connectivity index (χ1n) is 6.27. The number of anilines is 2. The van der Waals surface area contributed by atoms with Gasteiger partial charge in [-0.15, -0.1) is 0 Å². The lowest BCUT2D eigenvalue weighted by atomic mass is 10.1. The van der Waals surface area contributed by atoms with Crippen molar-refractivity contribution in [2.24, 2.45) is 0 Å². The van der Waals surface area contributed by atoms with Gasteiger partial charge in [0.25, 0.3) is 11.4 Å². The third-order valence-electron chi connectivity index (χ3n) is 3.01. The van der Waals surface area contributed by atoms with Crippen LogP contribution in [0.2, 0.25) is 5.02 Å². The number of nitro groups is 2. The molecule has 0 bridgehead atoms. The molecule has 2 rings (SSSR count). The van der Waals surface area contributed by atoms with Gasteiger partial charge in [0.2, 0.25) is 0 Å². The molecule has 2 aromatic carbocycles. The summed E-state index contributed by atoms with van der Waals surface area (Å²) in [6.07, 6.45) is -5.06. The van der Waals surface area contributed by atoms with Crippen molar-refractivity contribution >= 4 is 50.3 Å². The van der Waals surface area contributed by atoms with Gasteiger partial charge in [-0.1, -0.05) is 11.6 Å². The minimum atomic E-state index is -5.06. The van der Waals surface area contributed by atoms with Crippen molar-refractivity contribution in [3.05, 3.63) is 65.6 Å². The van der Waals surface area contributed by atoms with E-state index in [0.717, 1.165) is 0 Å². The lowest BCUT2D eigenvalue weighted by molar-refractivity contribution is -0.394. The number of benzene rings is 2. The molecule has 0 radical (unpaired) electrons. The van der Waals surface area contributed by atoms with Crippen LogP contribution in [-0.2, 0) is 6.18 Å². The van der Waals surface area contributed by atoms with Gasteiger partial charge in [0, 0.05) is 15.6 Å². The van der Waals surface area contributed by atoms with Crippen LogP contribution in [0, 0.1) is 20.2 Å². The van der Waals surface area contributed by atoms with Gasteiger partial charge in [0.05, 0.1) is 27.2 Å².